The number of rotatable bonds is 11. The lowest BCUT2D eigenvalue weighted by molar-refractivity contribution is -0.117. The van der Waals surface area contributed by atoms with Crippen molar-refractivity contribution in [3.63, 3.8) is 0 Å². The van der Waals surface area contributed by atoms with Crippen molar-refractivity contribution in [2.24, 2.45) is 5.92 Å². The van der Waals surface area contributed by atoms with E-state index in [2.05, 4.69) is 29.4 Å². The van der Waals surface area contributed by atoms with E-state index in [1.807, 2.05) is 36.4 Å². The van der Waals surface area contributed by atoms with Gasteiger partial charge in [0.15, 0.2) is 0 Å². The van der Waals surface area contributed by atoms with Crippen LogP contribution >= 0.6 is 0 Å². The predicted molar refractivity (Wildman–Crippen MR) is 124 cm³/mol. The molecule has 0 aliphatic heterocycles. The van der Waals surface area contributed by atoms with Crippen LogP contribution in [0.4, 0.5) is 5.69 Å². The summed E-state index contributed by atoms with van der Waals surface area (Å²) in [4.78, 5) is 27.6. The Kier molecular flexibility index (Phi) is 8.06. The monoisotopic (exact) mass is 423 g/mol. The van der Waals surface area contributed by atoms with Gasteiger partial charge in [-0.1, -0.05) is 38.1 Å². The van der Waals surface area contributed by atoms with Gasteiger partial charge in [-0.15, -0.1) is 0 Å². The van der Waals surface area contributed by atoms with Crippen molar-refractivity contribution in [2.45, 2.75) is 39.2 Å². The van der Waals surface area contributed by atoms with Crippen molar-refractivity contribution < 1.29 is 14.3 Å². The van der Waals surface area contributed by atoms with Crippen molar-refractivity contribution in [3.05, 3.63) is 59.7 Å². The smallest absolute Gasteiger partial charge is 0.253 e. The summed E-state index contributed by atoms with van der Waals surface area (Å²) in [6, 6.07) is 15.5. The van der Waals surface area contributed by atoms with Crippen molar-refractivity contribution >= 4 is 17.5 Å². The van der Waals surface area contributed by atoms with E-state index in [-0.39, 0.29) is 11.8 Å². The minimum atomic E-state index is -0.189. The third kappa shape index (κ3) is 7.10. The first kappa shape index (κ1) is 22.8. The molecule has 166 valence electrons. The van der Waals surface area contributed by atoms with Gasteiger partial charge in [0, 0.05) is 19.1 Å². The van der Waals surface area contributed by atoms with Crippen molar-refractivity contribution in [3.8, 4) is 5.75 Å². The van der Waals surface area contributed by atoms with Crippen LogP contribution in [0.25, 0.3) is 0 Å². The van der Waals surface area contributed by atoms with Gasteiger partial charge in [-0.2, -0.15) is 0 Å². The molecule has 1 aliphatic carbocycles. The Hall–Kier alpha value is -2.86. The molecule has 1 saturated carbocycles. The van der Waals surface area contributed by atoms with E-state index in [4.69, 9.17) is 4.74 Å². The van der Waals surface area contributed by atoms with Crippen molar-refractivity contribution in [1.29, 1.82) is 0 Å². The molecule has 6 heteroatoms. The summed E-state index contributed by atoms with van der Waals surface area (Å²) in [6.07, 6.45) is 3.04. The number of para-hydroxylation sites is 1. The molecule has 1 aliphatic rings. The van der Waals surface area contributed by atoms with E-state index in [1.165, 1.54) is 0 Å². The molecule has 0 bridgehead atoms. The molecule has 2 amide bonds. The summed E-state index contributed by atoms with van der Waals surface area (Å²) in [5.74, 6) is 1.06. The number of hydrogen-bond acceptors (Lipinski definition) is 4. The van der Waals surface area contributed by atoms with E-state index in [0.29, 0.717) is 36.3 Å². The topological polar surface area (TPSA) is 70.7 Å². The Morgan fingerprint density at radius 3 is 2.45 bits per heavy atom. The third-order valence-corrected chi connectivity index (χ3v) is 5.31. The van der Waals surface area contributed by atoms with Gasteiger partial charge in [-0.3, -0.25) is 14.5 Å². The zero-order valence-corrected chi connectivity index (χ0v) is 18.7. The van der Waals surface area contributed by atoms with Crippen LogP contribution in [0, 0.1) is 5.92 Å². The van der Waals surface area contributed by atoms with E-state index < -0.39 is 0 Å². The standard InChI is InChI=1S/C25H33N3O3/c1-18(2)16-28(20-10-11-20)17-24(29)27-23-7-5-4-6-22(23)25(30)26-15-14-19-8-12-21(31-3)13-9-19/h4-9,12-13,18,20H,10-11,14-17H2,1-3H3,(H,26,30)(H,27,29). The second-order valence-corrected chi connectivity index (χ2v) is 8.50. The van der Waals surface area contributed by atoms with Gasteiger partial charge >= 0.3 is 0 Å². The number of nitrogens with one attached hydrogen (secondary N) is 2. The second-order valence-electron chi connectivity index (χ2n) is 8.50. The summed E-state index contributed by atoms with van der Waals surface area (Å²) < 4.78 is 5.17. The number of nitrogens with zero attached hydrogens (tertiary/aromatic N) is 1. The van der Waals surface area contributed by atoms with Gasteiger partial charge in [-0.05, 0) is 55.0 Å². The maximum absolute atomic E-state index is 12.7. The zero-order valence-electron chi connectivity index (χ0n) is 18.7. The molecule has 0 saturated heterocycles. The highest BCUT2D eigenvalue weighted by Crippen LogP contribution is 2.27. The number of carbonyl (C=O) groups excluding carboxylic acids is 2. The molecule has 0 unspecified atom stereocenters. The largest absolute Gasteiger partial charge is 0.497 e. The number of ether oxygens (including phenoxy) is 1. The minimum Gasteiger partial charge on any atom is -0.497 e. The van der Waals surface area contributed by atoms with Gasteiger partial charge in [0.1, 0.15) is 5.75 Å². The summed E-state index contributed by atoms with van der Waals surface area (Å²) >= 11 is 0. The molecule has 31 heavy (non-hydrogen) atoms. The summed E-state index contributed by atoms with van der Waals surface area (Å²) in [5.41, 5.74) is 2.15. The molecule has 2 aromatic carbocycles. The Morgan fingerprint density at radius 1 is 1.10 bits per heavy atom. The number of methoxy groups -OCH3 is 1. The molecule has 3 rings (SSSR count). The Labute approximate surface area is 185 Å². The molecule has 0 atom stereocenters. The molecule has 2 aromatic rings. The molecule has 0 heterocycles. The van der Waals surface area contributed by atoms with Gasteiger partial charge in [0.25, 0.3) is 5.91 Å². The highest BCUT2D eigenvalue weighted by atomic mass is 16.5. The summed E-state index contributed by atoms with van der Waals surface area (Å²) in [5, 5.41) is 5.90. The van der Waals surface area contributed by atoms with E-state index >= 15 is 0 Å². The molecule has 1 fully saturated rings. The molecule has 0 radical (unpaired) electrons. The molecule has 2 N–H and O–H groups in total. The lowest BCUT2D eigenvalue weighted by atomic mass is 10.1. The number of amides is 2. The average molecular weight is 424 g/mol. The van der Waals surface area contributed by atoms with Gasteiger partial charge in [0.05, 0.1) is 24.9 Å². The zero-order chi connectivity index (χ0) is 22.2. The Balaban J connectivity index is 1.54. The Morgan fingerprint density at radius 2 is 1.81 bits per heavy atom. The average Bonchev–Trinajstić information content (AvgIpc) is 3.59. The van der Waals surface area contributed by atoms with E-state index in [1.54, 1.807) is 19.2 Å². The highest BCUT2D eigenvalue weighted by molar-refractivity contribution is 6.04. The first-order chi connectivity index (χ1) is 15.0. The number of carbonyl (C=O) groups is 2. The minimum absolute atomic E-state index is 0.0777. The van der Waals surface area contributed by atoms with Crippen LogP contribution in [0.2, 0.25) is 0 Å². The van der Waals surface area contributed by atoms with Crippen LogP contribution in [-0.4, -0.2) is 49.5 Å². The Bertz CT molecular complexity index is 876. The first-order valence-electron chi connectivity index (χ1n) is 11.0. The molecular weight excluding hydrogens is 390 g/mol. The van der Waals surface area contributed by atoms with Gasteiger partial charge in [-0.25, -0.2) is 0 Å². The van der Waals surface area contributed by atoms with Gasteiger partial charge in [0.2, 0.25) is 5.91 Å². The quantitative estimate of drug-likeness (QED) is 0.578. The number of benzene rings is 2. The molecule has 0 spiro atoms. The predicted octanol–water partition coefficient (Wildman–Crippen LogP) is 3.73. The van der Waals surface area contributed by atoms with Crippen molar-refractivity contribution in [2.75, 3.05) is 32.1 Å². The first-order valence-corrected chi connectivity index (χ1v) is 11.0. The number of anilines is 1. The molecule has 6 nitrogen and oxygen atoms in total. The highest BCUT2D eigenvalue weighted by Gasteiger charge is 2.30. The fourth-order valence-electron chi connectivity index (χ4n) is 3.62. The number of hydrogen-bond donors (Lipinski definition) is 2. The molecular formula is C25H33N3O3. The summed E-state index contributed by atoms with van der Waals surface area (Å²) in [7, 11) is 1.64. The van der Waals surface area contributed by atoms with E-state index in [9.17, 15) is 9.59 Å². The van der Waals surface area contributed by atoms with Crippen LogP contribution in [0.15, 0.2) is 48.5 Å². The van der Waals surface area contributed by atoms with Crippen LogP contribution < -0.4 is 15.4 Å². The second kappa shape index (κ2) is 11.0. The molecule has 0 aromatic heterocycles. The lowest BCUT2D eigenvalue weighted by Crippen LogP contribution is -2.37. The van der Waals surface area contributed by atoms with Crippen LogP contribution in [0.1, 0.15) is 42.6 Å². The lowest BCUT2D eigenvalue weighted by Gasteiger charge is -2.23. The third-order valence-electron chi connectivity index (χ3n) is 5.31. The van der Waals surface area contributed by atoms with Crippen LogP contribution in [-0.2, 0) is 11.2 Å². The van der Waals surface area contributed by atoms with Gasteiger partial charge < -0.3 is 15.4 Å². The SMILES string of the molecule is COc1ccc(CCNC(=O)c2ccccc2NC(=O)CN(CC(C)C)C2CC2)cc1. The normalized spacial score (nSPS) is 13.3. The fraction of sp³-hybridized carbons (Fsp3) is 0.440. The maximum Gasteiger partial charge on any atom is 0.253 e. The maximum atomic E-state index is 12.7. The van der Waals surface area contributed by atoms with E-state index in [0.717, 1.165) is 37.1 Å². The van der Waals surface area contributed by atoms with Crippen LogP contribution in [0.3, 0.4) is 0 Å². The van der Waals surface area contributed by atoms with Crippen LogP contribution in [0.5, 0.6) is 5.75 Å². The van der Waals surface area contributed by atoms with Crippen molar-refractivity contribution in [1.82, 2.24) is 10.2 Å². The summed E-state index contributed by atoms with van der Waals surface area (Å²) in [6.45, 7) is 6.11. The fourth-order valence-corrected chi connectivity index (χ4v) is 3.62.